The van der Waals surface area contributed by atoms with Crippen molar-refractivity contribution in [3.8, 4) is 0 Å². The van der Waals surface area contributed by atoms with Crippen molar-refractivity contribution in [2.24, 2.45) is 0 Å². The molecule has 1 heterocycles. The lowest BCUT2D eigenvalue weighted by atomic mass is 10.1. The Morgan fingerprint density at radius 1 is 1.32 bits per heavy atom. The third kappa shape index (κ3) is 4.21. The first kappa shape index (κ1) is 17.2. The van der Waals surface area contributed by atoms with Gasteiger partial charge >= 0.3 is 5.97 Å². The molecule has 0 fully saturated rings. The van der Waals surface area contributed by atoms with Gasteiger partial charge in [-0.1, -0.05) is 19.6 Å². The molecule has 2 aromatic rings. The van der Waals surface area contributed by atoms with Crippen LogP contribution in [0.15, 0.2) is 28.9 Å². The number of carbonyl (C=O) groups excluding carboxylic acids is 1. The molecule has 0 amide bonds. The number of hydrogen-bond donors (Lipinski definition) is 0. The summed E-state index contributed by atoms with van der Waals surface area (Å²) in [7, 11) is 0.325. The molecule has 0 N–H and O–H groups in total. The minimum Gasteiger partial charge on any atom is -0.465 e. The van der Waals surface area contributed by atoms with E-state index in [2.05, 4.69) is 35.6 Å². The van der Waals surface area contributed by atoms with Gasteiger partial charge in [0.05, 0.1) is 18.2 Å². The fourth-order valence-corrected chi connectivity index (χ4v) is 3.47. The van der Waals surface area contributed by atoms with Crippen LogP contribution in [-0.2, 0) is 16.2 Å². The Bertz CT molecular complexity index is 676. The van der Waals surface area contributed by atoms with Crippen molar-refractivity contribution in [3.05, 3.63) is 34.4 Å². The van der Waals surface area contributed by atoms with Crippen LogP contribution in [-0.4, -0.2) is 32.3 Å². The van der Waals surface area contributed by atoms with Crippen LogP contribution in [0, 0.1) is 0 Å². The first-order valence-electron chi connectivity index (χ1n) is 7.26. The minimum atomic E-state index is -1.06. The van der Waals surface area contributed by atoms with Gasteiger partial charge in [-0.2, -0.15) is 0 Å². The minimum absolute atomic E-state index is 0.326. The summed E-state index contributed by atoms with van der Waals surface area (Å²) in [6, 6.07) is 6.69. The van der Waals surface area contributed by atoms with Crippen LogP contribution in [0.1, 0.15) is 10.4 Å². The van der Waals surface area contributed by atoms with E-state index >= 15 is 0 Å². The van der Waals surface area contributed by atoms with Gasteiger partial charge in [-0.05, 0) is 40.2 Å². The Kier molecular flexibility index (Phi) is 5.47. The third-order valence-electron chi connectivity index (χ3n) is 3.48. The zero-order chi connectivity index (χ0) is 16.3. The molecule has 22 heavy (non-hydrogen) atoms. The van der Waals surface area contributed by atoms with Crippen LogP contribution in [0.3, 0.4) is 0 Å². The largest absolute Gasteiger partial charge is 0.465 e. The molecule has 0 saturated heterocycles. The van der Waals surface area contributed by atoms with Gasteiger partial charge in [0, 0.05) is 30.7 Å². The molecule has 120 valence electrons. The number of halogens is 1. The summed E-state index contributed by atoms with van der Waals surface area (Å²) in [6.45, 7) is 8.32. The van der Waals surface area contributed by atoms with Crippen LogP contribution in [0.25, 0.3) is 10.9 Å². The molecule has 0 aliphatic heterocycles. The predicted octanol–water partition coefficient (Wildman–Crippen LogP) is 4.50. The summed E-state index contributed by atoms with van der Waals surface area (Å²) in [6.07, 6.45) is 1.99. The van der Waals surface area contributed by atoms with Gasteiger partial charge in [-0.25, -0.2) is 4.79 Å². The number of carbonyl (C=O) groups is 1. The molecule has 0 spiro atoms. The second kappa shape index (κ2) is 6.98. The zero-order valence-corrected chi connectivity index (χ0v) is 16.1. The molecule has 4 nitrogen and oxygen atoms in total. The van der Waals surface area contributed by atoms with Gasteiger partial charge < -0.3 is 14.0 Å². The lowest BCUT2D eigenvalue weighted by molar-refractivity contribution is 0.0601. The first-order valence-corrected chi connectivity index (χ1v) is 11.8. The summed E-state index contributed by atoms with van der Waals surface area (Å²) in [5, 5.41) is 0.983. The van der Waals surface area contributed by atoms with Crippen molar-refractivity contribution in [2.45, 2.75) is 32.4 Å². The van der Waals surface area contributed by atoms with Crippen LogP contribution >= 0.6 is 15.9 Å². The van der Waals surface area contributed by atoms with Crippen molar-refractivity contribution in [3.63, 3.8) is 0 Å². The summed E-state index contributed by atoms with van der Waals surface area (Å²) < 4.78 is 13.6. The van der Waals surface area contributed by atoms with Gasteiger partial charge in [-0.3, -0.25) is 0 Å². The summed E-state index contributed by atoms with van der Waals surface area (Å²) in [5.74, 6) is -0.326. The number of rotatable bonds is 6. The van der Waals surface area contributed by atoms with E-state index in [1.807, 2.05) is 22.9 Å². The average molecular weight is 384 g/mol. The SMILES string of the molecule is COC(=O)c1ccc2c(c1)c(Br)cn2COCC[Si](C)(C)C. The Balaban J connectivity index is 2.13. The monoisotopic (exact) mass is 383 g/mol. The van der Waals surface area contributed by atoms with Gasteiger partial charge in [0.15, 0.2) is 0 Å². The highest BCUT2D eigenvalue weighted by molar-refractivity contribution is 9.10. The topological polar surface area (TPSA) is 40.5 Å². The van der Waals surface area contributed by atoms with Gasteiger partial charge in [0.2, 0.25) is 0 Å². The van der Waals surface area contributed by atoms with Crippen LogP contribution in [0.5, 0.6) is 0 Å². The van der Waals surface area contributed by atoms with E-state index in [1.54, 1.807) is 6.07 Å². The summed E-state index contributed by atoms with van der Waals surface area (Å²) in [4.78, 5) is 11.6. The fourth-order valence-electron chi connectivity index (χ4n) is 2.15. The highest BCUT2D eigenvalue weighted by Gasteiger charge is 2.13. The number of esters is 1. The Morgan fingerprint density at radius 3 is 2.68 bits per heavy atom. The molecular formula is C16H22BrNO3Si. The predicted molar refractivity (Wildman–Crippen MR) is 95.1 cm³/mol. The third-order valence-corrected chi connectivity index (χ3v) is 5.82. The number of fused-ring (bicyclic) bond motifs is 1. The maximum Gasteiger partial charge on any atom is 0.337 e. The molecule has 0 bridgehead atoms. The van der Waals surface area contributed by atoms with Gasteiger partial charge in [-0.15, -0.1) is 0 Å². The van der Waals surface area contributed by atoms with E-state index in [9.17, 15) is 4.79 Å². The van der Waals surface area contributed by atoms with Crippen molar-refractivity contribution in [2.75, 3.05) is 13.7 Å². The number of ether oxygens (including phenoxy) is 2. The average Bonchev–Trinajstić information content (AvgIpc) is 2.78. The standard InChI is InChI=1S/C16H22BrNO3Si/c1-20-16(19)12-5-6-15-13(9-12)14(17)10-18(15)11-21-7-8-22(2,3)4/h5-6,9-10H,7-8,11H2,1-4H3. The number of hydrogen-bond acceptors (Lipinski definition) is 3. The smallest absolute Gasteiger partial charge is 0.337 e. The second-order valence-corrected chi connectivity index (χ2v) is 13.0. The molecule has 0 unspecified atom stereocenters. The fraction of sp³-hybridized carbons (Fsp3) is 0.438. The molecule has 0 radical (unpaired) electrons. The highest BCUT2D eigenvalue weighted by Crippen LogP contribution is 2.27. The number of benzene rings is 1. The van der Waals surface area contributed by atoms with Crippen molar-refractivity contribution in [1.82, 2.24) is 4.57 Å². The molecule has 1 aromatic heterocycles. The maximum absolute atomic E-state index is 11.6. The van der Waals surface area contributed by atoms with E-state index in [1.165, 1.54) is 7.11 Å². The Labute approximate surface area is 140 Å². The molecule has 2 rings (SSSR count). The number of methoxy groups -OCH3 is 1. The van der Waals surface area contributed by atoms with E-state index in [-0.39, 0.29) is 5.97 Å². The molecule has 6 heteroatoms. The van der Waals surface area contributed by atoms with Crippen molar-refractivity contribution >= 4 is 40.9 Å². The van der Waals surface area contributed by atoms with Crippen LogP contribution < -0.4 is 0 Å². The quantitative estimate of drug-likeness (QED) is 0.418. The molecule has 0 atom stereocenters. The maximum atomic E-state index is 11.6. The van der Waals surface area contributed by atoms with Crippen LogP contribution in [0.4, 0.5) is 0 Å². The Hall–Kier alpha value is -1.11. The number of aromatic nitrogens is 1. The zero-order valence-electron chi connectivity index (χ0n) is 13.5. The normalized spacial score (nSPS) is 11.9. The molecule has 0 aliphatic rings. The second-order valence-electron chi connectivity index (χ2n) is 6.52. The molecule has 1 aromatic carbocycles. The lowest BCUT2D eigenvalue weighted by Crippen LogP contribution is -2.21. The van der Waals surface area contributed by atoms with E-state index in [0.29, 0.717) is 12.3 Å². The molecular weight excluding hydrogens is 362 g/mol. The molecule has 0 aliphatic carbocycles. The van der Waals surface area contributed by atoms with E-state index in [0.717, 1.165) is 28.0 Å². The lowest BCUT2D eigenvalue weighted by Gasteiger charge is -2.15. The van der Waals surface area contributed by atoms with Gasteiger partial charge in [0.25, 0.3) is 0 Å². The Morgan fingerprint density at radius 2 is 2.05 bits per heavy atom. The molecule has 0 saturated carbocycles. The van der Waals surface area contributed by atoms with E-state index < -0.39 is 8.07 Å². The van der Waals surface area contributed by atoms with Crippen molar-refractivity contribution < 1.29 is 14.3 Å². The number of nitrogens with zero attached hydrogens (tertiary/aromatic N) is 1. The van der Waals surface area contributed by atoms with Gasteiger partial charge in [0.1, 0.15) is 6.73 Å². The van der Waals surface area contributed by atoms with Crippen molar-refractivity contribution in [1.29, 1.82) is 0 Å². The van der Waals surface area contributed by atoms with Crippen LogP contribution in [0.2, 0.25) is 25.7 Å². The highest BCUT2D eigenvalue weighted by atomic mass is 79.9. The first-order chi connectivity index (χ1) is 10.3. The van der Waals surface area contributed by atoms with E-state index in [4.69, 9.17) is 9.47 Å². The summed E-state index contributed by atoms with van der Waals surface area (Å²) in [5.41, 5.74) is 1.58. The summed E-state index contributed by atoms with van der Waals surface area (Å²) >= 11 is 3.54.